The number of hydrogen-bond donors (Lipinski definition) is 2. The van der Waals surface area contributed by atoms with Gasteiger partial charge in [0.25, 0.3) is 0 Å². The Labute approximate surface area is 231 Å². The van der Waals surface area contributed by atoms with Crippen molar-refractivity contribution in [3.05, 3.63) is 0 Å². The van der Waals surface area contributed by atoms with Crippen molar-refractivity contribution in [2.75, 3.05) is 60.5 Å². The van der Waals surface area contributed by atoms with E-state index in [-0.39, 0.29) is 46.2 Å². The predicted octanol–water partition coefficient (Wildman–Crippen LogP) is 2.44. The van der Waals surface area contributed by atoms with Crippen LogP contribution in [0.1, 0.15) is 61.3 Å². The number of aliphatic carboxylic acids is 2. The van der Waals surface area contributed by atoms with Gasteiger partial charge >= 0.3 is 29.8 Å². The normalized spacial score (nSPS) is 15.7. The molecule has 0 heterocycles. The molecule has 0 saturated heterocycles. The molecule has 0 aliphatic heterocycles. The van der Waals surface area contributed by atoms with Gasteiger partial charge in [0.05, 0.1) is 0 Å². The molecule has 0 rings (SSSR count). The monoisotopic (exact) mass is 571 g/mol. The molecule has 3 atom stereocenters. The van der Waals surface area contributed by atoms with Gasteiger partial charge in [-0.15, -0.1) is 0 Å². The lowest BCUT2D eigenvalue weighted by Gasteiger charge is -2.55. The Morgan fingerprint density at radius 2 is 1.10 bits per heavy atom. The molecule has 0 bridgehead atoms. The van der Waals surface area contributed by atoms with Gasteiger partial charge in [0.15, 0.2) is 6.23 Å². The molecule has 0 saturated carbocycles. The summed E-state index contributed by atoms with van der Waals surface area (Å²) in [7, 11) is 2.54. The molecule has 2 unspecified atom stereocenters. The SMILES string of the molecule is CCOC(OCC)(OCC)C(OC)N([C@@H](CCC(=O)O)C(=O)O)C(OC)(OCC)C(OCC)(OCC)OCC. The third kappa shape index (κ3) is 9.01. The summed E-state index contributed by atoms with van der Waals surface area (Å²) in [6, 6.07) is -1.65. The number of ether oxygens (including phenoxy) is 9. The van der Waals surface area contributed by atoms with Crippen LogP contribution in [0.25, 0.3) is 0 Å². The number of nitrogens with zero attached hydrogens (tertiary/aromatic N) is 1. The number of rotatable bonds is 25. The Morgan fingerprint density at radius 3 is 1.38 bits per heavy atom. The van der Waals surface area contributed by atoms with Crippen molar-refractivity contribution in [1.29, 1.82) is 0 Å². The maximum atomic E-state index is 12.9. The summed E-state index contributed by atoms with van der Waals surface area (Å²) in [5.74, 6) is -9.19. The van der Waals surface area contributed by atoms with E-state index in [1.165, 1.54) is 14.2 Å². The van der Waals surface area contributed by atoms with E-state index in [1.807, 2.05) is 0 Å². The summed E-state index contributed by atoms with van der Waals surface area (Å²) >= 11 is 0. The van der Waals surface area contributed by atoms with Crippen molar-refractivity contribution in [2.45, 2.75) is 91.4 Å². The minimum absolute atomic E-state index is 0.0318. The molecule has 0 radical (unpaired) electrons. The second-order valence-electron chi connectivity index (χ2n) is 7.76. The number of methoxy groups -OCH3 is 2. The second kappa shape index (κ2) is 18.8. The summed E-state index contributed by atoms with van der Waals surface area (Å²) < 4.78 is 54.0. The van der Waals surface area contributed by atoms with Gasteiger partial charge in [0.2, 0.25) is 0 Å². The highest BCUT2D eigenvalue weighted by Crippen LogP contribution is 2.43. The van der Waals surface area contributed by atoms with E-state index in [0.717, 1.165) is 4.90 Å². The van der Waals surface area contributed by atoms with E-state index in [0.29, 0.717) is 0 Å². The minimum atomic E-state index is -2.33. The van der Waals surface area contributed by atoms with Crippen LogP contribution in [0, 0.1) is 0 Å². The van der Waals surface area contributed by atoms with Gasteiger partial charge in [-0.05, 0) is 54.9 Å². The fraction of sp³-hybridized carbons (Fsp3) is 0.920. The average molecular weight is 572 g/mol. The first-order valence-electron chi connectivity index (χ1n) is 13.3. The first-order chi connectivity index (χ1) is 18.6. The Hall–Kier alpha value is -1.46. The lowest BCUT2D eigenvalue weighted by molar-refractivity contribution is -0.550. The summed E-state index contributed by atoms with van der Waals surface area (Å²) in [6.45, 7) is 12.0. The van der Waals surface area contributed by atoms with Crippen LogP contribution >= 0.6 is 0 Å². The largest absolute Gasteiger partial charge is 0.481 e. The molecule has 14 nitrogen and oxygen atoms in total. The van der Waals surface area contributed by atoms with Crippen LogP contribution < -0.4 is 0 Å². The molecule has 0 aromatic rings. The number of carbonyl (C=O) groups is 2. The molecule has 14 heteroatoms. The van der Waals surface area contributed by atoms with E-state index < -0.39 is 54.9 Å². The van der Waals surface area contributed by atoms with Crippen LogP contribution in [-0.4, -0.2) is 118 Å². The lowest BCUT2D eigenvalue weighted by atomic mass is 10.1. The Kier molecular flexibility index (Phi) is 18.1. The van der Waals surface area contributed by atoms with Crippen molar-refractivity contribution >= 4 is 11.9 Å². The van der Waals surface area contributed by atoms with Crippen LogP contribution in [0.5, 0.6) is 0 Å². The van der Waals surface area contributed by atoms with E-state index in [4.69, 9.17) is 42.6 Å². The third-order valence-electron chi connectivity index (χ3n) is 5.41. The molecule has 39 heavy (non-hydrogen) atoms. The number of carboxylic acids is 2. The highest BCUT2D eigenvalue weighted by atomic mass is 16.9. The maximum absolute atomic E-state index is 12.9. The molecule has 0 aliphatic rings. The van der Waals surface area contributed by atoms with Crippen LogP contribution in [0.15, 0.2) is 0 Å². The van der Waals surface area contributed by atoms with Crippen LogP contribution in [0.3, 0.4) is 0 Å². The van der Waals surface area contributed by atoms with Gasteiger partial charge in [-0.1, -0.05) is 0 Å². The van der Waals surface area contributed by atoms with Crippen molar-refractivity contribution in [3.8, 4) is 0 Å². The second-order valence-corrected chi connectivity index (χ2v) is 7.76. The minimum Gasteiger partial charge on any atom is -0.481 e. The van der Waals surface area contributed by atoms with E-state index in [2.05, 4.69) is 0 Å². The molecule has 0 spiro atoms. The first-order valence-corrected chi connectivity index (χ1v) is 13.3. The quantitative estimate of drug-likeness (QED) is 0.154. The first kappa shape index (κ1) is 37.5. The average Bonchev–Trinajstić information content (AvgIpc) is 2.87. The molecular weight excluding hydrogens is 522 g/mol. The molecule has 0 aromatic carbocycles. The summed E-state index contributed by atoms with van der Waals surface area (Å²) in [4.78, 5) is 25.6. The molecule has 2 N–H and O–H groups in total. The third-order valence-corrected chi connectivity index (χ3v) is 5.41. The predicted molar refractivity (Wildman–Crippen MR) is 138 cm³/mol. The lowest BCUT2D eigenvalue weighted by Crippen LogP contribution is -2.78. The highest BCUT2D eigenvalue weighted by molar-refractivity contribution is 5.75. The molecule has 0 aromatic heterocycles. The van der Waals surface area contributed by atoms with Gasteiger partial charge < -0.3 is 52.8 Å². The molecular formula is C25H49NO13. The van der Waals surface area contributed by atoms with Crippen LogP contribution in [-0.2, 0) is 52.2 Å². The van der Waals surface area contributed by atoms with E-state index in [9.17, 15) is 19.8 Å². The van der Waals surface area contributed by atoms with Crippen molar-refractivity contribution in [2.24, 2.45) is 0 Å². The Balaban J connectivity index is 7.94. The molecule has 0 amide bonds. The van der Waals surface area contributed by atoms with Crippen molar-refractivity contribution < 1.29 is 62.4 Å². The standard InChI is InChI=1S/C25H49NO13/c1-10-33-23(34-11-2,35-12-3)22(31-8)26(19(21(29)30)17-18-20(27)28)24(32-9,36-13-4)25(37-14-5,38-15-6)39-16-7/h19,22H,10-18H2,1-9H3,(H,27,28)(H,29,30)/t19-,22?,24?/m0/s1. The fourth-order valence-electron chi connectivity index (χ4n) is 4.31. The van der Waals surface area contributed by atoms with Crippen molar-refractivity contribution in [1.82, 2.24) is 4.90 Å². The smallest absolute Gasteiger partial charge is 0.357 e. The van der Waals surface area contributed by atoms with Gasteiger partial charge in [0, 0.05) is 66.9 Å². The summed E-state index contributed by atoms with van der Waals surface area (Å²) in [5.41, 5.74) is 0. The van der Waals surface area contributed by atoms with Gasteiger partial charge in [-0.3, -0.25) is 9.59 Å². The maximum Gasteiger partial charge on any atom is 0.357 e. The summed E-state index contributed by atoms with van der Waals surface area (Å²) in [6.07, 6.45) is -2.49. The molecule has 0 aliphatic carbocycles. The van der Waals surface area contributed by atoms with Gasteiger partial charge in [-0.25, -0.2) is 0 Å². The summed E-state index contributed by atoms with van der Waals surface area (Å²) in [5, 5.41) is 19.9. The topological polar surface area (TPSA) is 161 Å². The fourth-order valence-corrected chi connectivity index (χ4v) is 4.31. The van der Waals surface area contributed by atoms with Gasteiger partial charge in [-0.2, -0.15) is 4.90 Å². The molecule has 0 fully saturated rings. The number of carboxylic acid groups (broad SMARTS) is 2. The zero-order chi connectivity index (χ0) is 30.1. The van der Waals surface area contributed by atoms with Gasteiger partial charge in [0.1, 0.15) is 6.04 Å². The van der Waals surface area contributed by atoms with E-state index in [1.54, 1.807) is 48.5 Å². The Morgan fingerprint density at radius 1 is 0.692 bits per heavy atom. The van der Waals surface area contributed by atoms with E-state index >= 15 is 0 Å². The van der Waals surface area contributed by atoms with Crippen molar-refractivity contribution in [3.63, 3.8) is 0 Å². The Bertz CT molecular complexity index is 661. The number of hydrogen-bond acceptors (Lipinski definition) is 12. The zero-order valence-electron chi connectivity index (χ0n) is 24.9. The molecule has 232 valence electrons. The zero-order valence-corrected chi connectivity index (χ0v) is 24.9. The van der Waals surface area contributed by atoms with Crippen LogP contribution in [0.4, 0.5) is 0 Å². The van der Waals surface area contributed by atoms with Crippen LogP contribution in [0.2, 0.25) is 0 Å². The highest BCUT2D eigenvalue weighted by Gasteiger charge is 2.69.